The summed E-state index contributed by atoms with van der Waals surface area (Å²) in [5.41, 5.74) is 1.62. The van der Waals surface area contributed by atoms with Crippen LogP contribution in [0, 0.1) is 56.7 Å². The zero-order valence-electron chi connectivity index (χ0n) is 27.6. The Morgan fingerprint density at radius 1 is 0.977 bits per heavy atom. The average Bonchev–Trinajstić information content (AvgIpc) is 3.50. The molecule has 0 aromatic heterocycles. The monoisotopic (exact) mass is 592 g/mol. The highest BCUT2D eigenvalue weighted by atomic mass is 16.7. The van der Waals surface area contributed by atoms with Crippen molar-refractivity contribution in [3.63, 3.8) is 0 Å². The van der Waals surface area contributed by atoms with Gasteiger partial charge in [0.15, 0.2) is 5.78 Å². The highest BCUT2D eigenvalue weighted by Crippen LogP contribution is 2.77. The maximum absolute atomic E-state index is 13.9. The molecule has 0 amide bonds. The number of rotatable bonds is 4. The van der Waals surface area contributed by atoms with Crippen molar-refractivity contribution in [3.8, 4) is 0 Å². The molecule has 236 valence electrons. The van der Waals surface area contributed by atoms with E-state index in [0.717, 1.165) is 51.4 Å². The molecule has 10 atom stereocenters. The number of cyclic esters (lactones) is 1. The van der Waals surface area contributed by atoms with Gasteiger partial charge in [-0.25, -0.2) is 4.79 Å². The van der Waals surface area contributed by atoms with E-state index in [0.29, 0.717) is 35.3 Å². The van der Waals surface area contributed by atoms with E-state index in [1.165, 1.54) is 5.57 Å². The van der Waals surface area contributed by atoms with Gasteiger partial charge < -0.3 is 14.2 Å². The minimum Gasteiger partial charge on any atom is -0.469 e. The molecular weight excluding hydrogens is 540 g/mol. The smallest absolute Gasteiger partial charge is 0.336 e. The molecule has 1 unspecified atom stereocenters. The third-order valence-corrected chi connectivity index (χ3v) is 14.5. The molecule has 0 bridgehead atoms. The molecule has 5 saturated carbocycles. The summed E-state index contributed by atoms with van der Waals surface area (Å²) < 4.78 is 16.7. The van der Waals surface area contributed by atoms with Gasteiger partial charge in [-0.2, -0.15) is 0 Å². The maximum Gasteiger partial charge on any atom is 0.336 e. The van der Waals surface area contributed by atoms with E-state index >= 15 is 0 Å². The number of methoxy groups -OCH3 is 1. The number of fused-ring (bicyclic) bond motifs is 7. The lowest BCUT2D eigenvalue weighted by molar-refractivity contribution is -0.232. The van der Waals surface area contributed by atoms with Crippen LogP contribution in [0.1, 0.15) is 106 Å². The van der Waals surface area contributed by atoms with Crippen molar-refractivity contribution in [2.45, 2.75) is 113 Å². The first-order chi connectivity index (χ1) is 20.1. The lowest BCUT2D eigenvalue weighted by Crippen LogP contribution is -2.67. The molecule has 0 radical (unpaired) electrons. The minimum absolute atomic E-state index is 0.00783. The summed E-state index contributed by atoms with van der Waals surface area (Å²) in [4.78, 5) is 39.3. The van der Waals surface area contributed by atoms with E-state index in [2.05, 4.69) is 48.1 Å². The van der Waals surface area contributed by atoms with Gasteiger partial charge in [0.05, 0.1) is 18.8 Å². The van der Waals surface area contributed by atoms with Crippen LogP contribution in [0.15, 0.2) is 35.6 Å². The number of ketones is 1. The average molecular weight is 593 g/mol. The summed E-state index contributed by atoms with van der Waals surface area (Å²) in [5.74, 6) is 1.56. The Hall–Kier alpha value is -2.37. The van der Waals surface area contributed by atoms with Crippen molar-refractivity contribution in [1.29, 1.82) is 0 Å². The summed E-state index contributed by atoms with van der Waals surface area (Å²) in [7, 11) is 1.56. The van der Waals surface area contributed by atoms with E-state index in [1.54, 1.807) is 26.4 Å². The molecule has 0 aromatic rings. The van der Waals surface area contributed by atoms with Crippen LogP contribution in [-0.4, -0.2) is 31.1 Å². The van der Waals surface area contributed by atoms with Crippen molar-refractivity contribution in [2.75, 3.05) is 7.11 Å². The van der Waals surface area contributed by atoms with Gasteiger partial charge in [0.1, 0.15) is 0 Å². The molecule has 6 nitrogen and oxygen atoms in total. The summed E-state index contributed by atoms with van der Waals surface area (Å²) >= 11 is 0. The highest BCUT2D eigenvalue weighted by molar-refractivity contribution is 6.00. The van der Waals surface area contributed by atoms with Gasteiger partial charge in [0.25, 0.3) is 6.29 Å². The van der Waals surface area contributed by atoms with Gasteiger partial charge in [0, 0.05) is 22.6 Å². The van der Waals surface area contributed by atoms with Gasteiger partial charge in [-0.1, -0.05) is 46.8 Å². The number of ether oxygens (including phenoxy) is 3. The first kappa shape index (κ1) is 30.6. The van der Waals surface area contributed by atoms with Gasteiger partial charge in [-0.15, -0.1) is 0 Å². The molecule has 1 aliphatic heterocycles. The predicted molar refractivity (Wildman–Crippen MR) is 164 cm³/mol. The van der Waals surface area contributed by atoms with E-state index in [1.807, 2.05) is 0 Å². The molecule has 6 rings (SSSR count). The largest absolute Gasteiger partial charge is 0.469 e. The SMILES string of the molecule is C=C(C)[C@@H]1CC[C@]2(C(=O)OC)CC[C@]3(C)[C@H](CC[C@@H]4[C@@]5(C)C/C(=C\OC6C=C(C)C(=O)O6)C(=O)C(C)(C)[C@@H]5CC[C@]43C)[C@@H]12. The van der Waals surface area contributed by atoms with Crippen LogP contribution in [0.25, 0.3) is 0 Å². The Balaban J connectivity index is 1.36. The van der Waals surface area contributed by atoms with Crippen LogP contribution >= 0.6 is 0 Å². The Morgan fingerprint density at radius 3 is 2.33 bits per heavy atom. The first-order valence-corrected chi connectivity index (χ1v) is 16.6. The molecule has 1 heterocycles. The Bertz CT molecular complexity index is 1320. The van der Waals surface area contributed by atoms with E-state index < -0.39 is 17.1 Å². The number of esters is 2. The molecule has 0 aromatic carbocycles. The molecule has 6 aliphatic rings. The predicted octanol–water partition coefficient (Wildman–Crippen LogP) is 7.73. The Labute approximate surface area is 258 Å². The summed E-state index contributed by atoms with van der Waals surface area (Å²) in [6.45, 7) is 20.1. The van der Waals surface area contributed by atoms with Gasteiger partial charge in [-0.3, -0.25) is 9.59 Å². The van der Waals surface area contributed by atoms with E-state index in [9.17, 15) is 14.4 Å². The third kappa shape index (κ3) is 3.99. The summed E-state index contributed by atoms with van der Waals surface area (Å²) in [5, 5.41) is 0. The molecule has 43 heavy (non-hydrogen) atoms. The van der Waals surface area contributed by atoms with Crippen molar-refractivity contribution in [3.05, 3.63) is 35.6 Å². The molecule has 5 aliphatic carbocycles. The standard InChI is InChI=1S/C37H52O6/c1-21(2)24-12-15-37(32(40)41-9)17-16-35(7)25(29(24)37)10-11-27-34(6)19-23(20-42-28-18-22(3)31(39)43-28)30(38)33(4,5)26(34)13-14-36(27,35)8/h18,20,24-29H,1,10-17,19H2,2-9H3/b23-20+/t24-,25+,26-,27+,28?,29+,34-,35+,36+,37-/m0/s1. The Morgan fingerprint density at radius 2 is 1.70 bits per heavy atom. The maximum atomic E-state index is 13.9. The number of hydrogen-bond acceptors (Lipinski definition) is 6. The number of carbonyl (C=O) groups is 3. The number of allylic oxidation sites excluding steroid dienone is 2. The second kappa shape index (κ2) is 9.81. The zero-order chi connectivity index (χ0) is 31.3. The van der Waals surface area contributed by atoms with E-state index in [4.69, 9.17) is 14.2 Å². The first-order valence-electron chi connectivity index (χ1n) is 16.6. The van der Waals surface area contributed by atoms with Crippen LogP contribution in [0.3, 0.4) is 0 Å². The zero-order valence-corrected chi connectivity index (χ0v) is 27.6. The van der Waals surface area contributed by atoms with Crippen LogP contribution in [0.4, 0.5) is 0 Å². The van der Waals surface area contributed by atoms with Gasteiger partial charge >= 0.3 is 11.9 Å². The van der Waals surface area contributed by atoms with Crippen LogP contribution in [0.5, 0.6) is 0 Å². The lowest BCUT2D eigenvalue weighted by atomic mass is 9.32. The number of Topliss-reactive ketones (excluding diaryl/α,β-unsaturated/α-hetero) is 1. The van der Waals surface area contributed by atoms with Crippen molar-refractivity contribution < 1.29 is 28.6 Å². The van der Waals surface area contributed by atoms with E-state index in [-0.39, 0.29) is 45.8 Å². The third-order valence-electron chi connectivity index (χ3n) is 14.5. The fourth-order valence-corrected chi connectivity index (χ4v) is 12.4. The fourth-order valence-electron chi connectivity index (χ4n) is 12.4. The van der Waals surface area contributed by atoms with Crippen molar-refractivity contribution in [2.24, 2.45) is 56.7 Å². The molecule has 0 saturated heterocycles. The number of carbonyl (C=O) groups excluding carboxylic acids is 3. The molecule has 0 spiro atoms. The minimum atomic E-state index is -0.780. The van der Waals surface area contributed by atoms with Crippen LogP contribution in [-0.2, 0) is 28.6 Å². The van der Waals surface area contributed by atoms with Crippen LogP contribution in [0.2, 0.25) is 0 Å². The molecular formula is C37H52O6. The number of hydrogen-bond donors (Lipinski definition) is 0. The summed E-state index contributed by atoms with van der Waals surface area (Å²) in [6.07, 6.45) is 11.3. The van der Waals surface area contributed by atoms with Gasteiger partial charge in [-0.05, 0) is 117 Å². The van der Waals surface area contributed by atoms with Crippen molar-refractivity contribution >= 4 is 17.7 Å². The summed E-state index contributed by atoms with van der Waals surface area (Å²) in [6, 6.07) is 0. The molecule has 6 heteroatoms. The normalized spacial score (nSPS) is 47.4. The quantitative estimate of drug-likeness (QED) is 0.144. The second-order valence-electron chi connectivity index (χ2n) is 16.5. The highest BCUT2D eigenvalue weighted by Gasteiger charge is 2.72. The molecule has 0 N–H and O–H groups in total. The lowest BCUT2D eigenvalue weighted by Gasteiger charge is -2.72. The fraction of sp³-hybridized carbons (Fsp3) is 0.757. The molecule has 5 fully saturated rings. The second-order valence-corrected chi connectivity index (χ2v) is 16.5. The topological polar surface area (TPSA) is 78.9 Å². The van der Waals surface area contributed by atoms with Crippen LogP contribution < -0.4 is 0 Å². The Kier molecular flexibility index (Phi) is 6.99. The van der Waals surface area contributed by atoms with Crippen molar-refractivity contribution in [1.82, 2.24) is 0 Å². The van der Waals surface area contributed by atoms with Gasteiger partial charge in [0.2, 0.25) is 0 Å².